The largest absolute Gasteiger partial charge is 0.361 e. The number of anilines is 2. The number of nitrogens with zero attached hydrogens (tertiary/aromatic N) is 5. The second-order valence-electron chi connectivity index (χ2n) is 7.34. The van der Waals surface area contributed by atoms with Gasteiger partial charge in [-0.25, -0.2) is 28.1 Å². The summed E-state index contributed by atoms with van der Waals surface area (Å²) in [4.78, 5) is 26.1. The van der Waals surface area contributed by atoms with Gasteiger partial charge in [0.15, 0.2) is 28.9 Å². The normalized spacial score (nSPS) is 21.7. The molecule has 8 nitrogen and oxygen atoms in total. The third-order valence-electron chi connectivity index (χ3n) is 5.37. The number of amides is 1. The number of hydrogen-bond acceptors (Lipinski definition) is 6. The van der Waals surface area contributed by atoms with Crippen LogP contribution in [0.2, 0.25) is 0 Å². The third-order valence-corrected chi connectivity index (χ3v) is 5.37. The van der Waals surface area contributed by atoms with E-state index in [1.165, 1.54) is 12.4 Å². The minimum atomic E-state index is -1.21. The summed E-state index contributed by atoms with van der Waals surface area (Å²) in [6.45, 7) is 1.02. The summed E-state index contributed by atoms with van der Waals surface area (Å²) in [7, 11) is 0. The van der Waals surface area contributed by atoms with Crippen molar-refractivity contribution in [1.82, 2.24) is 24.7 Å². The summed E-state index contributed by atoms with van der Waals surface area (Å²) in [5, 5.41) is 5.57. The lowest BCUT2D eigenvalue weighted by molar-refractivity contribution is -0.117. The zero-order valence-electron chi connectivity index (χ0n) is 15.8. The lowest BCUT2D eigenvalue weighted by atomic mass is 10.2. The molecule has 30 heavy (non-hydrogen) atoms. The molecule has 0 saturated carbocycles. The van der Waals surface area contributed by atoms with E-state index in [4.69, 9.17) is 0 Å². The molecule has 2 unspecified atom stereocenters. The Kier molecular flexibility index (Phi) is 4.54. The number of pyridine rings is 1. The fourth-order valence-electron chi connectivity index (χ4n) is 3.80. The van der Waals surface area contributed by atoms with E-state index in [2.05, 4.69) is 25.6 Å². The quantitative estimate of drug-likeness (QED) is 0.675. The van der Waals surface area contributed by atoms with E-state index >= 15 is 0 Å². The summed E-state index contributed by atoms with van der Waals surface area (Å²) in [5.41, 5.74) is 0.545. The number of halogens is 3. The molecule has 3 aromatic heterocycles. The van der Waals surface area contributed by atoms with Crippen LogP contribution in [-0.2, 0) is 4.79 Å². The van der Waals surface area contributed by atoms with Gasteiger partial charge in [-0.05, 0) is 6.42 Å². The lowest BCUT2D eigenvalue weighted by Gasteiger charge is -2.17. The second kappa shape index (κ2) is 7.24. The molecule has 0 spiro atoms. The van der Waals surface area contributed by atoms with Gasteiger partial charge in [0.25, 0.3) is 0 Å². The van der Waals surface area contributed by atoms with Crippen LogP contribution in [0.15, 0.2) is 24.7 Å². The van der Waals surface area contributed by atoms with Crippen LogP contribution in [0.4, 0.5) is 24.8 Å². The first-order valence-corrected chi connectivity index (χ1v) is 9.62. The van der Waals surface area contributed by atoms with Crippen molar-refractivity contribution in [3.05, 3.63) is 36.3 Å². The molecule has 156 valence electrons. The van der Waals surface area contributed by atoms with Crippen molar-refractivity contribution < 1.29 is 18.0 Å². The highest BCUT2D eigenvalue weighted by atomic mass is 19.1. The molecule has 3 aromatic rings. The van der Waals surface area contributed by atoms with Crippen LogP contribution in [0.5, 0.6) is 0 Å². The third kappa shape index (κ3) is 3.15. The molecule has 2 fully saturated rings. The molecule has 5 heterocycles. The topological polar surface area (TPSA) is 87.5 Å². The van der Waals surface area contributed by atoms with Crippen LogP contribution in [0.1, 0.15) is 12.8 Å². The maximum absolute atomic E-state index is 14.6. The van der Waals surface area contributed by atoms with Gasteiger partial charge in [-0.1, -0.05) is 0 Å². The Hall–Kier alpha value is -3.21. The zero-order chi connectivity index (χ0) is 20.8. The number of rotatable bonds is 4. The Bertz CT molecular complexity index is 1130. The molecule has 0 radical (unpaired) electrons. The fourth-order valence-corrected chi connectivity index (χ4v) is 3.80. The van der Waals surface area contributed by atoms with Gasteiger partial charge in [0.1, 0.15) is 11.9 Å². The molecule has 2 atom stereocenters. The predicted molar refractivity (Wildman–Crippen MR) is 103 cm³/mol. The molecular formula is C19H18F3N7O. The number of imidazole rings is 1. The Labute approximate surface area is 169 Å². The molecular weight excluding hydrogens is 399 g/mol. The summed E-state index contributed by atoms with van der Waals surface area (Å²) in [5.74, 6) is -1.64. The van der Waals surface area contributed by atoms with E-state index in [1.54, 1.807) is 15.5 Å². The smallest absolute Gasteiger partial charge is 0.228 e. The minimum Gasteiger partial charge on any atom is -0.361 e. The SMILES string of the molecule is O=C1CCCN1c1cn2c(-c3nc(NC4CNCC4F)c(F)cc3F)cnc2cn1. The van der Waals surface area contributed by atoms with Crippen molar-refractivity contribution in [3.8, 4) is 11.4 Å². The van der Waals surface area contributed by atoms with Crippen LogP contribution in [-0.4, -0.2) is 57.1 Å². The van der Waals surface area contributed by atoms with Gasteiger partial charge in [0.2, 0.25) is 5.91 Å². The summed E-state index contributed by atoms with van der Waals surface area (Å²) < 4.78 is 44.4. The van der Waals surface area contributed by atoms with E-state index in [0.29, 0.717) is 37.0 Å². The second-order valence-corrected chi connectivity index (χ2v) is 7.34. The van der Waals surface area contributed by atoms with Crippen LogP contribution in [0.3, 0.4) is 0 Å². The van der Waals surface area contributed by atoms with Crippen LogP contribution < -0.4 is 15.5 Å². The first kappa shape index (κ1) is 18.8. The highest BCUT2D eigenvalue weighted by molar-refractivity contribution is 5.94. The molecule has 2 N–H and O–H groups in total. The highest BCUT2D eigenvalue weighted by Gasteiger charge is 2.29. The van der Waals surface area contributed by atoms with Crippen LogP contribution in [0.25, 0.3) is 17.0 Å². The predicted octanol–water partition coefficient (Wildman–Crippen LogP) is 1.92. The first-order valence-electron chi connectivity index (χ1n) is 9.62. The molecule has 2 saturated heterocycles. The number of nitrogens with one attached hydrogen (secondary N) is 2. The van der Waals surface area contributed by atoms with E-state index in [0.717, 1.165) is 6.42 Å². The molecule has 0 aliphatic carbocycles. The van der Waals surface area contributed by atoms with E-state index in [1.807, 2.05) is 0 Å². The Balaban J connectivity index is 1.56. The summed E-state index contributed by atoms with van der Waals surface area (Å²) in [6, 6.07) is 0.0515. The fraction of sp³-hybridized carbons (Fsp3) is 0.368. The molecule has 0 bridgehead atoms. The average molecular weight is 417 g/mol. The van der Waals surface area contributed by atoms with Crippen molar-refractivity contribution in [2.45, 2.75) is 25.1 Å². The monoisotopic (exact) mass is 417 g/mol. The van der Waals surface area contributed by atoms with E-state index in [9.17, 15) is 18.0 Å². The summed E-state index contributed by atoms with van der Waals surface area (Å²) in [6.07, 6.45) is 4.44. The van der Waals surface area contributed by atoms with Gasteiger partial charge in [-0.3, -0.25) is 14.1 Å². The van der Waals surface area contributed by atoms with Crippen molar-refractivity contribution in [3.63, 3.8) is 0 Å². The standard InChI is InChI=1S/C19H18F3N7O/c20-10-4-11(21)19(26-13-6-23-5-12(13)22)27-18(10)14-7-24-15-8-25-16(9-29(14)15)28-3-1-2-17(28)30/h4,7-9,12-13,23H,1-3,5-6H2,(H,26,27). The maximum atomic E-state index is 14.6. The molecule has 2 aliphatic heterocycles. The Morgan fingerprint density at radius 3 is 2.77 bits per heavy atom. The van der Waals surface area contributed by atoms with Crippen molar-refractivity contribution in [2.24, 2.45) is 0 Å². The Morgan fingerprint density at radius 1 is 1.17 bits per heavy atom. The van der Waals surface area contributed by atoms with Crippen molar-refractivity contribution in [2.75, 3.05) is 29.9 Å². The number of aromatic nitrogens is 4. The number of fused-ring (bicyclic) bond motifs is 1. The molecule has 11 heteroatoms. The number of carbonyl (C=O) groups is 1. The van der Waals surface area contributed by atoms with Gasteiger partial charge in [-0.15, -0.1) is 0 Å². The van der Waals surface area contributed by atoms with Gasteiger partial charge < -0.3 is 10.6 Å². The molecule has 5 rings (SSSR count). The number of carbonyl (C=O) groups excluding carboxylic acids is 1. The average Bonchev–Trinajstić information content (AvgIpc) is 3.44. The lowest BCUT2D eigenvalue weighted by Crippen LogP contribution is -2.30. The number of alkyl halides is 1. The van der Waals surface area contributed by atoms with Gasteiger partial charge in [-0.2, -0.15) is 0 Å². The van der Waals surface area contributed by atoms with Gasteiger partial charge in [0.05, 0.1) is 30.3 Å². The molecule has 2 aliphatic rings. The van der Waals surface area contributed by atoms with Crippen molar-refractivity contribution in [1.29, 1.82) is 0 Å². The highest BCUT2D eigenvalue weighted by Crippen LogP contribution is 2.28. The minimum absolute atomic E-state index is 0.0351. The zero-order valence-corrected chi connectivity index (χ0v) is 15.8. The van der Waals surface area contributed by atoms with Crippen LogP contribution >= 0.6 is 0 Å². The molecule has 0 aromatic carbocycles. The Morgan fingerprint density at radius 2 is 2.03 bits per heavy atom. The van der Waals surface area contributed by atoms with Gasteiger partial charge >= 0.3 is 0 Å². The van der Waals surface area contributed by atoms with E-state index in [-0.39, 0.29) is 29.7 Å². The number of hydrogen-bond donors (Lipinski definition) is 2. The van der Waals surface area contributed by atoms with Gasteiger partial charge in [0, 0.05) is 32.1 Å². The summed E-state index contributed by atoms with van der Waals surface area (Å²) >= 11 is 0. The van der Waals surface area contributed by atoms with Crippen LogP contribution in [0, 0.1) is 11.6 Å². The van der Waals surface area contributed by atoms with Crippen molar-refractivity contribution >= 4 is 23.2 Å². The molecule has 1 amide bonds. The van der Waals surface area contributed by atoms with E-state index < -0.39 is 23.8 Å². The first-order chi connectivity index (χ1) is 14.5. The maximum Gasteiger partial charge on any atom is 0.228 e.